The lowest BCUT2D eigenvalue weighted by molar-refractivity contribution is -0.142. The number of esters is 1. The maximum absolute atomic E-state index is 12.5. The number of hydrogen-bond acceptors (Lipinski definition) is 3. The van der Waals surface area contributed by atoms with Gasteiger partial charge in [-0.3, -0.25) is 4.68 Å². The summed E-state index contributed by atoms with van der Waals surface area (Å²) in [5, 5.41) is 3.20. The Balaban J connectivity index is 3.09. The zero-order chi connectivity index (χ0) is 12.5. The molecule has 0 bridgehead atoms. The zero-order valence-corrected chi connectivity index (χ0v) is 9.00. The highest BCUT2D eigenvalue weighted by Crippen LogP contribution is 2.30. The molecule has 0 fully saturated rings. The Hall–Kier alpha value is -1.53. The van der Waals surface area contributed by atoms with Crippen LogP contribution < -0.4 is 0 Å². The molecule has 0 amide bonds. The molecule has 7 heteroatoms. The quantitative estimate of drug-likeness (QED) is 0.738. The van der Waals surface area contributed by atoms with Gasteiger partial charge in [-0.15, -0.1) is 0 Å². The van der Waals surface area contributed by atoms with Crippen molar-refractivity contribution in [1.82, 2.24) is 9.78 Å². The largest absolute Gasteiger partial charge is 0.459 e. The predicted molar refractivity (Wildman–Crippen MR) is 48.8 cm³/mol. The summed E-state index contributed by atoms with van der Waals surface area (Å²) in [5.41, 5.74) is -1.79. The normalized spacial score (nSPS) is 11.9. The van der Waals surface area contributed by atoms with Crippen LogP contribution in [-0.2, 0) is 18.0 Å². The molecule has 1 aromatic rings. The fourth-order valence-corrected chi connectivity index (χ4v) is 1.12. The molecule has 0 aliphatic carbocycles. The van der Waals surface area contributed by atoms with Gasteiger partial charge in [-0.25, -0.2) is 4.79 Å². The summed E-state index contributed by atoms with van der Waals surface area (Å²) in [4.78, 5) is 11.4. The first kappa shape index (κ1) is 12.5. The average molecular weight is 236 g/mol. The van der Waals surface area contributed by atoms with E-state index in [0.717, 1.165) is 10.9 Å². The Morgan fingerprint density at radius 1 is 1.50 bits per heavy atom. The Morgan fingerprint density at radius 2 is 2.06 bits per heavy atom. The van der Waals surface area contributed by atoms with Gasteiger partial charge in [0.1, 0.15) is 5.56 Å². The number of carbonyl (C=O) groups excluding carboxylic acids is 1. The van der Waals surface area contributed by atoms with Gasteiger partial charge in [0.25, 0.3) is 0 Å². The van der Waals surface area contributed by atoms with E-state index in [-0.39, 0.29) is 0 Å². The van der Waals surface area contributed by atoms with Crippen molar-refractivity contribution in [3.63, 3.8) is 0 Å². The number of nitrogens with zero attached hydrogens (tertiary/aromatic N) is 2. The SMILES string of the molecule is CC(C)OC(=O)c1cn(C)nc1C(F)(F)F. The van der Waals surface area contributed by atoms with Crippen LogP contribution in [0.5, 0.6) is 0 Å². The minimum atomic E-state index is -4.66. The van der Waals surface area contributed by atoms with Crippen LogP contribution in [0.4, 0.5) is 13.2 Å². The van der Waals surface area contributed by atoms with E-state index in [2.05, 4.69) is 5.10 Å². The van der Waals surface area contributed by atoms with Crippen molar-refractivity contribution >= 4 is 5.97 Å². The van der Waals surface area contributed by atoms with Gasteiger partial charge in [-0.2, -0.15) is 18.3 Å². The van der Waals surface area contributed by atoms with Crippen molar-refractivity contribution in [1.29, 1.82) is 0 Å². The van der Waals surface area contributed by atoms with Gasteiger partial charge in [0.15, 0.2) is 5.69 Å². The summed E-state index contributed by atoms with van der Waals surface area (Å²) in [6.07, 6.45) is -4.14. The van der Waals surface area contributed by atoms with E-state index in [1.54, 1.807) is 13.8 Å². The standard InChI is InChI=1S/C9H11F3N2O2/c1-5(2)16-8(15)6-4-14(3)13-7(6)9(10,11)12/h4-5H,1-3H3. The predicted octanol–water partition coefficient (Wildman–Crippen LogP) is 2.00. The van der Waals surface area contributed by atoms with Crippen molar-refractivity contribution in [2.45, 2.75) is 26.1 Å². The van der Waals surface area contributed by atoms with E-state index in [4.69, 9.17) is 4.74 Å². The van der Waals surface area contributed by atoms with Gasteiger partial charge in [0, 0.05) is 13.2 Å². The van der Waals surface area contributed by atoms with Gasteiger partial charge >= 0.3 is 12.1 Å². The molecule has 0 aromatic carbocycles. The molecule has 0 N–H and O–H groups in total. The number of carbonyl (C=O) groups is 1. The Labute approximate surface area is 90.0 Å². The number of ether oxygens (including phenoxy) is 1. The van der Waals surface area contributed by atoms with Gasteiger partial charge in [0.2, 0.25) is 0 Å². The molecule has 16 heavy (non-hydrogen) atoms. The van der Waals surface area contributed by atoms with Crippen molar-refractivity contribution in [2.24, 2.45) is 7.05 Å². The number of aryl methyl sites for hydroxylation is 1. The fourth-order valence-electron chi connectivity index (χ4n) is 1.12. The van der Waals surface area contributed by atoms with Gasteiger partial charge in [-0.1, -0.05) is 0 Å². The van der Waals surface area contributed by atoms with Crippen LogP contribution in [0.15, 0.2) is 6.20 Å². The Bertz CT molecular complexity index is 396. The molecule has 1 heterocycles. The molecule has 0 unspecified atom stereocenters. The highest BCUT2D eigenvalue weighted by atomic mass is 19.4. The first-order valence-electron chi connectivity index (χ1n) is 4.53. The Morgan fingerprint density at radius 3 is 2.50 bits per heavy atom. The summed E-state index contributed by atoms with van der Waals surface area (Å²) in [7, 11) is 1.31. The molecule has 4 nitrogen and oxygen atoms in total. The highest BCUT2D eigenvalue weighted by Gasteiger charge is 2.39. The van der Waals surface area contributed by atoms with Crippen LogP contribution in [0.2, 0.25) is 0 Å². The van der Waals surface area contributed by atoms with Crippen molar-refractivity contribution in [3.05, 3.63) is 17.5 Å². The van der Waals surface area contributed by atoms with Crippen LogP contribution in [0.3, 0.4) is 0 Å². The molecule has 0 saturated heterocycles. The van der Waals surface area contributed by atoms with Crippen molar-refractivity contribution in [2.75, 3.05) is 0 Å². The molecule has 0 saturated carbocycles. The Kier molecular flexibility index (Phi) is 3.25. The van der Waals surface area contributed by atoms with E-state index in [0.29, 0.717) is 0 Å². The van der Waals surface area contributed by atoms with Crippen LogP contribution in [0, 0.1) is 0 Å². The van der Waals surface area contributed by atoms with Crippen molar-refractivity contribution in [3.8, 4) is 0 Å². The van der Waals surface area contributed by atoms with Crippen molar-refractivity contribution < 1.29 is 22.7 Å². The van der Waals surface area contributed by atoms with Gasteiger partial charge in [0.05, 0.1) is 6.10 Å². The summed E-state index contributed by atoms with van der Waals surface area (Å²) in [6.45, 7) is 3.11. The molecular weight excluding hydrogens is 225 g/mol. The second-order valence-electron chi connectivity index (χ2n) is 3.52. The van der Waals surface area contributed by atoms with Gasteiger partial charge in [-0.05, 0) is 13.8 Å². The maximum atomic E-state index is 12.5. The summed E-state index contributed by atoms with van der Waals surface area (Å²) < 4.78 is 43.1. The lowest BCUT2D eigenvalue weighted by atomic mass is 10.2. The first-order chi connectivity index (χ1) is 7.21. The highest BCUT2D eigenvalue weighted by molar-refractivity contribution is 5.90. The molecule has 1 rings (SSSR count). The topological polar surface area (TPSA) is 44.1 Å². The third kappa shape index (κ3) is 2.74. The van der Waals surface area contributed by atoms with Gasteiger partial charge < -0.3 is 4.74 Å². The van der Waals surface area contributed by atoms with Crippen LogP contribution in [0.25, 0.3) is 0 Å². The van der Waals surface area contributed by atoms with E-state index >= 15 is 0 Å². The lowest BCUT2D eigenvalue weighted by Crippen LogP contribution is -2.16. The summed E-state index contributed by atoms with van der Waals surface area (Å²) >= 11 is 0. The molecule has 1 aromatic heterocycles. The third-order valence-corrected chi connectivity index (χ3v) is 1.66. The van der Waals surface area contributed by atoms with Crippen LogP contribution >= 0.6 is 0 Å². The van der Waals surface area contributed by atoms with E-state index < -0.39 is 29.5 Å². The minimum absolute atomic E-state index is 0.478. The number of hydrogen-bond donors (Lipinski definition) is 0. The number of alkyl halides is 3. The second-order valence-corrected chi connectivity index (χ2v) is 3.52. The molecule has 0 radical (unpaired) electrons. The molecule has 0 spiro atoms. The molecular formula is C9H11F3N2O2. The monoisotopic (exact) mass is 236 g/mol. The smallest absolute Gasteiger partial charge is 0.436 e. The lowest BCUT2D eigenvalue weighted by Gasteiger charge is -2.08. The average Bonchev–Trinajstić information content (AvgIpc) is 2.45. The number of halogens is 3. The zero-order valence-electron chi connectivity index (χ0n) is 9.00. The van der Waals surface area contributed by atoms with Crippen LogP contribution in [-0.4, -0.2) is 21.9 Å². The number of aromatic nitrogens is 2. The molecule has 90 valence electrons. The number of rotatable bonds is 2. The third-order valence-electron chi connectivity index (χ3n) is 1.66. The molecule has 0 aliphatic rings. The summed E-state index contributed by atoms with van der Waals surface area (Å²) in [5.74, 6) is -1.02. The molecule has 0 aliphatic heterocycles. The maximum Gasteiger partial charge on any atom is 0.436 e. The first-order valence-corrected chi connectivity index (χ1v) is 4.53. The summed E-state index contributed by atoms with van der Waals surface area (Å²) in [6, 6.07) is 0. The molecule has 0 atom stereocenters. The van der Waals surface area contributed by atoms with E-state index in [1.165, 1.54) is 7.05 Å². The second kappa shape index (κ2) is 4.15. The van der Waals surface area contributed by atoms with E-state index in [1.807, 2.05) is 0 Å². The minimum Gasteiger partial charge on any atom is -0.459 e. The fraction of sp³-hybridized carbons (Fsp3) is 0.556. The van der Waals surface area contributed by atoms with E-state index in [9.17, 15) is 18.0 Å². The van der Waals surface area contributed by atoms with Crippen LogP contribution in [0.1, 0.15) is 29.9 Å².